The third-order valence-electron chi connectivity index (χ3n) is 2.67. The fourth-order valence-corrected chi connectivity index (χ4v) is 1.86. The number of anilines is 1. The predicted molar refractivity (Wildman–Crippen MR) is 78.2 cm³/mol. The average Bonchev–Trinajstić information content (AvgIpc) is 2.37. The van der Waals surface area contributed by atoms with E-state index in [1.165, 1.54) is 0 Å². The molecular formula is C13H14N4O2S. The standard InChI is InChI=1S/C13H14N4O2S/c1-8-3-2-4-9(7-8)14-11(18)6-5-10-12(19)15-13(20)17-16-10/h2-4,7H,5-6H2,1H3,(H,14,18)(H2,15,17,19,20). The maximum absolute atomic E-state index is 11.8. The zero-order valence-electron chi connectivity index (χ0n) is 10.9. The third-order valence-corrected chi connectivity index (χ3v) is 2.87. The summed E-state index contributed by atoms with van der Waals surface area (Å²) in [6.45, 7) is 1.95. The molecule has 0 saturated carbocycles. The number of rotatable bonds is 4. The van der Waals surface area contributed by atoms with Crippen LogP contribution in [0.25, 0.3) is 0 Å². The van der Waals surface area contributed by atoms with E-state index in [4.69, 9.17) is 12.2 Å². The number of nitrogens with one attached hydrogen (secondary N) is 3. The van der Waals surface area contributed by atoms with E-state index in [9.17, 15) is 9.59 Å². The summed E-state index contributed by atoms with van der Waals surface area (Å²) in [5, 5.41) is 9.09. The summed E-state index contributed by atoms with van der Waals surface area (Å²) >= 11 is 4.74. The molecule has 20 heavy (non-hydrogen) atoms. The van der Waals surface area contributed by atoms with E-state index in [0.29, 0.717) is 0 Å². The van der Waals surface area contributed by atoms with Crippen molar-refractivity contribution in [1.82, 2.24) is 15.2 Å². The van der Waals surface area contributed by atoms with Crippen LogP contribution in [-0.4, -0.2) is 21.1 Å². The van der Waals surface area contributed by atoms with E-state index < -0.39 is 0 Å². The van der Waals surface area contributed by atoms with Gasteiger partial charge in [0.2, 0.25) is 5.91 Å². The number of hydrogen-bond donors (Lipinski definition) is 3. The average molecular weight is 290 g/mol. The van der Waals surface area contributed by atoms with Crippen molar-refractivity contribution in [3.8, 4) is 0 Å². The molecule has 7 heteroatoms. The summed E-state index contributed by atoms with van der Waals surface area (Å²) in [5.74, 6) is -0.167. The first-order valence-electron chi connectivity index (χ1n) is 6.09. The Morgan fingerprint density at radius 2 is 2.25 bits per heavy atom. The Kier molecular flexibility index (Phi) is 4.41. The molecule has 0 atom stereocenters. The molecule has 2 aromatic rings. The maximum Gasteiger partial charge on any atom is 0.273 e. The van der Waals surface area contributed by atoms with Gasteiger partial charge in [0.15, 0.2) is 4.77 Å². The van der Waals surface area contributed by atoms with Crippen molar-refractivity contribution in [3.63, 3.8) is 0 Å². The summed E-state index contributed by atoms with van der Waals surface area (Å²) in [7, 11) is 0. The number of nitrogens with zero attached hydrogens (tertiary/aromatic N) is 1. The maximum atomic E-state index is 11.8. The quantitative estimate of drug-likeness (QED) is 0.748. The van der Waals surface area contributed by atoms with Crippen LogP contribution in [0.4, 0.5) is 5.69 Å². The van der Waals surface area contributed by atoms with Gasteiger partial charge >= 0.3 is 0 Å². The van der Waals surface area contributed by atoms with Gasteiger partial charge in [0.25, 0.3) is 5.56 Å². The normalized spacial score (nSPS) is 10.2. The third kappa shape index (κ3) is 3.86. The van der Waals surface area contributed by atoms with Crippen LogP contribution in [0, 0.1) is 11.7 Å². The van der Waals surface area contributed by atoms with Crippen molar-refractivity contribution in [2.45, 2.75) is 19.8 Å². The minimum atomic E-state index is -0.364. The number of carbonyl (C=O) groups is 1. The Labute approximate surface area is 120 Å². The van der Waals surface area contributed by atoms with Gasteiger partial charge in [-0.25, -0.2) is 0 Å². The van der Waals surface area contributed by atoms with Crippen LogP contribution in [0.3, 0.4) is 0 Å². The molecule has 104 valence electrons. The molecule has 0 unspecified atom stereocenters. The van der Waals surface area contributed by atoms with Gasteiger partial charge in [-0.3, -0.25) is 19.7 Å². The van der Waals surface area contributed by atoms with Crippen LogP contribution in [0.2, 0.25) is 0 Å². The second-order valence-corrected chi connectivity index (χ2v) is 4.78. The van der Waals surface area contributed by atoms with Gasteiger partial charge in [-0.05, 0) is 36.8 Å². The summed E-state index contributed by atoms with van der Waals surface area (Å²) in [6.07, 6.45) is 0.424. The van der Waals surface area contributed by atoms with Gasteiger partial charge in [0, 0.05) is 18.5 Å². The Balaban J connectivity index is 1.95. The van der Waals surface area contributed by atoms with Crippen molar-refractivity contribution in [2.24, 2.45) is 0 Å². The highest BCUT2D eigenvalue weighted by molar-refractivity contribution is 7.71. The number of benzene rings is 1. The summed E-state index contributed by atoms with van der Waals surface area (Å²) < 4.78 is 0.169. The summed E-state index contributed by atoms with van der Waals surface area (Å²) in [4.78, 5) is 25.7. The smallest absolute Gasteiger partial charge is 0.273 e. The number of aromatic amines is 2. The molecule has 2 rings (SSSR count). The number of aryl methyl sites for hydroxylation is 2. The lowest BCUT2D eigenvalue weighted by atomic mass is 10.2. The molecule has 3 N–H and O–H groups in total. The van der Waals surface area contributed by atoms with Gasteiger partial charge < -0.3 is 5.32 Å². The van der Waals surface area contributed by atoms with Gasteiger partial charge in [0.1, 0.15) is 5.69 Å². The zero-order valence-corrected chi connectivity index (χ0v) is 11.7. The number of amides is 1. The molecule has 0 aliphatic heterocycles. The fraction of sp³-hybridized carbons (Fsp3) is 0.231. The molecule has 1 aromatic heterocycles. The molecule has 1 amide bonds. The van der Waals surface area contributed by atoms with Gasteiger partial charge in [-0.1, -0.05) is 12.1 Å². The molecule has 0 fully saturated rings. The second-order valence-electron chi connectivity index (χ2n) is 4.37. The Morgan fingerprint density at radius 1 is 1.45 bits per heavy atom. The summed E-state index contributed by atoms with van der Waals surface area (Å²) in [5.41, 5.74) is 1.70. The zero-order chi connectivity index (χ0) is 14.5. The lowest BCUT2D eigenvalue weighted by molar-refractivity contribution is -0.116. The first-order chi connectivity index (χ1) is 9.54. The molecule has 1 heterocycles. The van der Waals surface area contributed by atoms with Crippen molar-refractivity contribution in [3.05, 3.63) is 50.6 Å². The molecule has 0 radical (unpaired) electrons. The molecule has 0 aliphatic carbocycles. The van der Waals surface area contributed by atoms with Crippen LogP contribution >= 0.6 is 12.2 Å². The minimum Gasteiger partial charge on any atom is -0.326 e. The van der Waals surface area contributed by atoms with E-state index in [2.05, 4.69) is 20.5 Å². The highest BCUT2D eigenvalue weighted by atomic mass is 32.1. The van der Waals surface area contributed by atoms with Crippen molar-refractivity contribution in [2.75, 3.05) is 5.32 Å². The number of carbonyl (C=O) groups excluding carboxylic acids is 1. The molecular weight excluding hydrogens is 276 g/mol. The van der Waals surface area contributed by atoms with E-state index in [1.807, 2.05) is 31.2 Å². The number of hydrogen-bond acceptors (Lipinski definition) is 4. The number of H-pyrrole nitrogens is 2. The molecule has 0 spiro atoms. The summed E-state index contributed by atoms with van der Waals surface area (Å²) in [6, 6.07) is 7.51. The van der Waals surface area contributed by atoms with Crippen molar-refractivity contribution < 1.29 is 4.79 Å². The van der Waals surface area contributed by atoms with Gasteiger partial charge in [-0.2, -0.15) is 5.10 Å². The van der Waals surface area contributed by atoms with Gasteiger partial charge in [0.05, 0.1) is 0 Å². The highest BCUT2D eigenvalue weighted by Gasteiger charge is 2.07. The molecule has 0 aliphatic rings. The lowest BCUT2D eigenvalue weighted by Gasteiger charge is -2.05. The van der Waals surface area contributed by atoms with E-state index in [0.717, 1.165) is 11.3 Å². The molecule has 6 nitrogen and oxygen atoms in total. The Morgan fingerprint density at radius 3 is 2.95 bits per heavy atom. The van der Waals surface area contributed by atoms with Crippen molar-refractivity contribution >= 4 is 23.8 Å². The van der Waals surface area contributed by atoms with Gasteiger partial charge in [-0.15, -0.1) is 0 Å². The second kappa shape index (κ2) is 6.25. The molecule has 1 aromatic carbocycles. The van der Waals surface area contributed by atoms with Crippen molar-refractivity contribution in [1.29, 1.82) is 0 Å². The topological polar surface area (TPSA) is 90.6 Å². The van der Waals surface area contributed by atoms with E-state index >= 15 is 0 Å². The fourth-order valence-electron chi connectivity index (χ4n) is 1.72. The predicted octanol–water partition coefficient (Wildman–Crippen LogP) is 1.71. The van der Waals surface area contributed by atoms with Crippen LogP contribution in [0.5, 0.6) is 0 Å². The largest absolute Gasteiger partial charge is 0.326 e. The Bertz CT molecular complexity index is 735. The molecule has 0 bridgehead atoms. The van der Waals surface area contributed by atoms with Crippen LogP contribution in [-0.2, 0) is 11.2 Å². The first kappa shape index (κ1) is 14.1. The van der Waals surface area contributed by atoms with E-state index in [-0.39, 0.29) is 34.8 Å². The minimum absolute atomic E-state index is 0.167. The lowest BCUT2D eigenvalue weighted by Crippen LogP contribution is -2.19. The highest BCUT2D eigenvalue weighted by Crippen LogP contribution is 2.09. The SMILES string of the molecule is Cc1cccc(NC(=O)CCc2n[nH]c(=S)[nH]c2=O)c1. The molecule has 0 saturated heterocycles. The van der Waals surface area contributed by atoms with Crippen LogP contribution in [0.15, 0.2) is 29.1 Å². The number of aromatic nitrogens is 3. The van der Waals surface area contributed by atoms with Crippen LogP contribution in [0.1, 0.15) is 17.7 Å². The first-order valence-corrected chi connectivity index (χ1v) is 6.50. The Hall–Kier alpha value is -2.28. The van der Waals surface area contributed by atoms with E-state index in [1.54, 1.807) is 0 Å². The monoisotopic (exact) mass is 290 g/mol. The van der Waals surface area contributed by atoms with Crippen LogP contribution < -0.4 is 10.9 Å².